The number of hydrogen-bond donors (Lipinski definition) is 2. The molecule has 12 heteroatoms. The second-order valence-corrected chi connectivity index (χ2v) is 9.98. The van der Waals surface area contributed by atoms with Crippen LogP contribution in [-0.4, -0.2) is 27.5 Å². The third-order valence-electron chi connectivity index (χ3n) is 4.80. The Kier molecular flexibility index (Phi) is 8.65. The largest absolute Gasteiger partial charge is 0.416 e. The minimum Gasteiger partial charge on any atom is -0.308 e. The normalized spacial score (nSPS) is 11.8. The van der Waals surface area contributed by atoms with Crippen molar-refractivity contribution < 1.29 is 26.4 Å². The summed E-state index contributed by atoms with van der Waals surface area (Å²) >= 11 is 11.6. The lowest BCUT2D eigenvalue weighted by molar-refractivity contribution is -0.137. The molecule has 0 aliphatic rings. The highest BCUT2D eigenvalue weighted by Crippen LogP contribution is 2.32. The fourth-order valence-electron chi connectivity index (χ4n) is 3.06. The number of urea groups is 1. The van der Waals surface area contributed by atoms with Gasteiger partial charge in [-0.1, -0.05) is 29.3 Å². The van der Waals surface area contributed by atoms with Crippen LogP contribution in [0.5, 0.6) is 0 Å². The molecule has 0 saturated heterocycles. The molecule has 35 heavy (non-hydrogen) atoms. The highest BCUT2D eigenvalue weighted by molar-refractivity contribution is 7.89. The quantitative estimate of drug-likeness (QED) is 0.320. The van der Waals surface area contributed by atoms with Gasteiger partial charge in [-0.2, -0.15) is 13.2 Å². The predicted molar refractivity (Wildman–Crippen MR) is 131 cm³/mol. The van der Waals surface area contributed by atoms with Crippen LogP contribution < -0.4 is 14.9 Å². The van der Waals surface area contributed by atoms with E-state index in [-0.39, 0.29) is 30.1 Å². The van der Waals surface area contributed by atoms with E-state index < -0.39 is 27.8 Å². The fraction of sp³-hybridized carbons (Fsp3) is 0.174. The van der Waals surface area contributed by atoms with Crippen molar-refractivity contribution in [3.63, 3.8) is 0 Å². The van der Waals surface area contributed by atoms with Crippen LogP contribution in [0, 0.1) is 0 Å². The molecule has 0 spiro atoms. The number of carbonyl (C=O) groups excluding carboxylic acids is 1. The molecular formula is C23H20Cl2F3N3O3S. The van der Waals surface area contributed by atoms with Crippen molar-refractivity contribution in [2.45, 2.75) is 17.5 Å². The van der Waals surface area contributed by atoms with Crippen molar-refractivity contribution in [1.82, 2.24) is 4.72 Å². The number of amides is 2. The molecule has 0 aromatic heterocycles. The van der Waals surface area contributed by atoms with Crippen molar-refractivity contribution >= 4 is 50.6 Å². The van der Waals surface area contributed by atoms with Crippen LogP contribution >= 0.6 is 23.2 Å². The van der Waals surface area contributed by atoms with Gasteiger partial charge in [0.2, 0.25) is 10.0 Å². The smallest absolute Gasteiger partial charge is 0.308 e. The number of alkyl halides is 3. The Morgan fingerprint density at radius 2 is 1.51 bits per heavy atom. The van der Waals surface area contributed by atoms with E-state index in [0.717, 1.165) is 17.0 Å². The molecule has 2 N–H and O–H groups in total. The van der Waals surface area contributed by atoms with E-state index in [1.807, 2.05) is 0 Å². The van der Waals surface area contributed by atoms with E-state index in [0.29, 0.717) is 15.7 Å². The SMILES string of the molecule is O=C(Nc1ccc(Cl)cc1)N(CCCNS(=O)(=O)c1ccc(Cl)cc1)c1cccc(C(F)(F)F)c1. The van der Waals surface area contributed by atoms with Crippen LogP contribution in [0.15, 0.2) is 77.7 Å². The van der Waals surface area contributed by atoms with Gasteiger partial charge in [0, 0.05) is 34.5 Å². The molecule has 3 aromatic carbocycles. The van der Waals surface area contributed by atoms with Gasteiger partial charge >= 0.3 is 12.2 Å². The first kappa shape index (κ1) is 26.8. The van der Waals surface area contributed by atoms with E-state index in [4.69, 9.17) is 23.2 Å². The summed E-state index contributed by atoms with van der Waals surface area (Å²) in [6, 6.07) is 15.4. The molecule has 2 amide bonds. The molecule has 0 heterocycles. The van der Waals surface area contributed by atoms with Crippen LogP contribution in [-0.2, 0) is 16.2 Å². The number of carbonyl (C=O) groups is 1. The van der Waals surface area contributed by atoms with Crippen molar-refractivity contribution in [3.8, 4) is 0 Å². The van der Waals surface area contributed by atoms with E-state index in [1.54, 1.807) is 24.3 Å². The number of anilines is 2. The van der Waals surface area contributed by atoms with Gasteiger partial charge in [0.1, 0.15) is 0 Å². The number of sulfonamides is 1. The van der Waals surface area contributed by atoms with Gasteiger partial charge < -0.3 is 5.32 Å². The number of nitrogens with one attached hydrogen (secondary N) is 2. The van der Waals surface area contributed by atoms with Crippen molar-refractivity contribution in [2.75, 3.05) is 23.3 Å². The fourth-order valence-corrected chi connectivity index (χ4v) is 4.39. The molecule has 3 aromatic rings. The second-order valence-electron chi connectivity index (χ2n) is 7.34. The average molecular weight is 546 g/mol. The molecule has 3 rings (SSSR count). The van der Waals surface area contributed by atoms with Gasteiger partial charge in [0.25, 0.3) is 0 Å². The molecule has 0 atom stereocenters. The highest BCUT2D eigenvalue weighted by atomic mass is 35.5. The van der Waals surface area contributed by atoms with E-state index >= 15 is 0 Å². The number of nitrogens with zero attached hydrogens (tertiary/aromatic N) is 1. The summed E-state index contributed by atoms with van der Waals surface area (Å²) in [6.45, 7) is -0.126. The zero-order chi connectivity index (χ0) is 25.6. The number of halogens is 5. The molecule has 0 aliphatic carbocycles. The lowest BCUT2D eigenvalue weighted by Gasteiger charge is -2.24. The minimum absolute atomic E-state index is 0.00634. The molecule has 0 saturated carbocycles. The molecule has 0 radical (unpaired) electrons. The summed E-state index contributed by atoms with van der Waals surface area (Å²) in [5.41, 5.74) is -0.519. The molecule has 186 valence electrons. The Bertz CT molecular complexity index is 1270. The standard InChI is InChI=1S/C23H20Cl2F3N3O3S/c24-17-5-9-19(10-6-17)30-22(32)31(20-4-1-3-16(15-20)23(26,27)28)14-2-13-29-35(33,34)21-11-7-18(25)8-12-21/h1,3-12,15,29H,2,13-14H2,(H,30,32). The zero-order valence-electron chi connectivity index (χ0n) is 18.0. The van der Waals surface area contributed by atoms with E-state index in [1.165, 1.54) is 36.4 Å². The van der Waals surface area contributed by atoms with Crippen LogP contribution in [0.4, 0.5) is 29.3 Å². The second kappa shape index (κ2) is 11.3. The average Bonchev–Trinajstić information content (AvgIpc) is 2.80. The van der Waals surface area contributed by atoms with Gasteiger partial charge in [0.05, 0.1) is 10.5 Å². The highest BCUT2D eigenvalue weighted by Gasteiger charge is 2.31. The lowest BCUT2D eigenvalue weighted by atomic mass is 10.1. The van der Waals surface area contributed by atoms with Crippen molar-refractivity contribution in [3.05, 3.63) is 88.4 Å². The number of benzene rings is 3. The third kappa shape index (κ3) is 7.60. The Morgan fingerprint density at radius 3 is 2.11 bits per heavy atom. The third-order valence-corrected chi connectivity index (χ3v) is 6.78. The van der Waals surface area contributed by atoms with Gasteiger partial charge in [-0.15, -0.1) is 0 Å². The minimum atomic E-state index is -4.59. The van der Waals surface area contributed by atoms with Gasteiger partial charge in [0.15, 0.2) is 0 Å². The Labute approximate surface area is 210 Å². The van der Waals surface area contributed by atoms with Crippen molar-refractivity contribution in [1.29, 1.82) is 0 Å². The predicted octanol–water partition coefficient (Wildman–Crippen LogP) is 6.42. The van der Waals surface area contributed by atoms with Crippen LogP contribution in [0.1, 0.15) is 12.0 Å². The summed E-state index contributed by atoms with van der Waals surface area (Å²) in [5, 5.41) is 3.44. The monoisotopic (exact) mass is 545 g/mol. The molecule has 6 nitrogen and oxygen atoms in total. The van der Waals surface area contributed by atoms with E-state index in [2.05, 4.69) is 10.0 Å². The van der Waals surface area contributed by atoms with Crippen LogP contribution in [0.2, 0.25) is 10.0 Å². The first-order valence-electron chi connectivity index (χ1n) is 10.2. The van der Waals surface area contributed by atoms with Gasteiger partial charge in [-0.25, -0.2) is 17.9 Å². The summed E-state index contributed by atoms with van der Waals surface area (Å²) in [4.78, 5) is 14.1. The number of hydrogen-bond acceptors (Lipinski definition) is 3. The summed E-state index contributed by atoms with van der Waals surface area (Å²) in [5.74, 6) is 0. The summed E-state index contributed by atoms with van der Waals surface area (Å²) in [7, 11) is -3.83. The van der Waals surface area contributed by atoms with E-state index in [9.17, 15) is 26.4 Å². The van der Waals surface area contributed by atoms with Crippen LogP contribution in [0.25, 0.3) is 0 Å². The summed E-state index contributed by atoms with van der Waals surface area (Å²) in [6.07, 6.45) is -4.47. The first-order chi connectivity index (χ1) is 16.5. The van der Waals surface area contributed by atoms with Crippen molar-refractivity contribution in [2.24, 2.45) is 0 Å². The maximum atomic E-state index is 13.2. The summed E-state index contributed by atoms with van der Waals surface area (Å²) < 4.78 is 66.9. The molecule has 0 bridgehead atoms. The zero-order valence-corrected chi connectivity index (χ0v) is 20.3. The maximum absolute atomic E-state index is 13.2. The lowest BCUT2D eigenvalue weighted by Crippen LogP contribution is -2.37. The maximum Gasteiger partial charge on any atom is 0.416 e. The molecule has 0 aliphatic heterocycles. The first-order valence-corrected chi connectivity index (χ1v) is 12.5. The van der Waals surface area contributed by atoms with Gasteiger partial charge in [-0.3, -0.25) is 4.90 Å². The van der Waals surface area contributed by atoms with Gasteiger partial charge in [-0.05, 0) is 73.2 Å². The molecule has 0 unspecified atom stereocenters. The molecular weight excluding hydrogens is 526 g/mol. The molecule has 0 fully saturated rings. The Hall–Kier alpha value is -2.79. The number of rotatable bonds is 8. The topological polar surface area (TPSA) is 78.5 Å². The Morgan fingerprint density at radius 1 is 0.914 bits per heavy atom. The van der Waals surface area contributed by atoms with Crippen LogP contribution in [0.3, 0.4) is 0 Å². The Balaban J connectivity index is 1.74.